The van der Waals surface area contributed by atoms with Crippen LogP contribution >= 0.6 is 0 Å². The van der Waals surface area contributed by atoms with Crippen molar-refractivity contribution < 1.29 is 17.9 Å². The Bertz CT molecular complexity index is 639. The first-order valence-corrected chi connectivity index (χ1v) is 9.66. The molecule has 0 atom stereocenters. The van der Waals surface area contributed by atoms with Gasteiger partial charge < -0.3 is 9.64 Å². The molecular formula is C16H24N2O4S. The number of amides is 1. The largest absolute Gasteiger partial charge is 0.497 e. The SMILES string of the molecule is COc1cccc(N(CCC(=O)N2CCCCC2)S(C)(=O)=O)c1. The van der Waals surface area contributed by atoms with Crippen molar-refractivity contribution in [2.24, 2.45) is 0 Å². The van der Waals surface area contributed by atoms with Crippen molar-refractivity contribution in [2.75, 3.05) is 37.3 Å². The molecule has 1 aliphatic heterocycles. The van der Waals surface area contributed by atoms with Gasteiger partial charge in [0.25, 0.3) is 0 Å². The Hall–Kier alpha value is -1.76. The fraction of sp³-hybridized carbons (Fsp3) is 0.562. The van der Waals surface area contributed by atoms with Gasteiger partial charge in [0.15, 0.2) is 0 Å². The summed E-state index contributed by atoms with van der Waals surface area (Å²) in [6, 6.07) is 6.85. The van der Waals surface area contributed by atoms with Crippen LogP contribution in [-0.2, 0) is 14.8 Å². The summed E-state index contributed by atoms with van der Waals surface area (Å²) in [4.78, 5) is 14.1. The molecule has 2 rings (SSSR count). The van der Waals surface area contributed by atoms with Gasteiger partial charge in [-0.25, -0.2) is 8.42 Å². The number of likely N-dealkylation sites (tertiary alicyclic amines) is 1. The van der Waals surface area contributed by atoms with E-state index >= 15 is 0 Å². The number of rotatable bonds is 6. The molecule has 0 aliphatic carbocycles. The minimum Gasteiger partial charge on any atom is -0.497 e. The lowest BCUT2D eigenvalue weighted by Gasteiger charge is -2.28. The van der Waals surface area contributed by atoms with Gasteiger partial charge in [-0.1, -0.05) is 6.07 Å². The summed E-state index contributed by atoms with van der Waals surface area (Å²) in [5.41, 5.74) is 0.512. The van der Waals surface area contributed by atoms with Crippen LogP contribution in [0, 0.1) is 0 Å². The van der Waals surface area contributed by atoms with Gasteiger partial charge in [0.05, 0.1) is 19.1 Å². The molecular weight excluding hydrogens is 316 g/mol. The van der Waals surface area contributed by atoms with Gasteiger partial charge >= 0.3 is 0 Å². The first-order chi connectivity index (χ1) is 10.9. The topological polar surface area (TPSA) is 66.9 Å². The number of carbonyl (C=O) groups excluding carboxylic acids is 1. The van der Waals surface area contributed by atoms with Crippen LogP contribution in [0.25, 0.3) is 0 Å². The van der Waals surface area contributed by atoms with Gasteiger partial charge in [-0.05, 0) is 31.4 Å². The molecule has 1 aliphatic rings. The van der Waals surface area contributed by atoms with Crippen molar-refractivity contribution in [3.63, 3.8) is 0 Å². The first-order valence-electron chi connectivity index (χ1n) is 7.81. The Kier molecular flexibility index (Phi) is 5.87. The van der Waals surface area contributed by atoms with Crippen molar-refractivity contribution in [1.29, 1.82) is 0 Å². The second kappa shape index (κ2) is 7.68. The number of sulfonamides is 1. The third-order valence-electron chi connectivity index (χ3n) is 3.98. The van der Waals surface area contributed by atoms with E-state index in [1.807, 2.05) is 4.90 Å². The Labute approximate surface area is 138 Å². The molecule has 0 saturated carbocycles. The average Bonchev–Trinajstić information content (AvgIpc) is 2.54. The van der Waals surface area contributed by atoms with Crippen LogP contribution in [0.4, 0.5) is 5.69 Å². The Morgan fingerprint density at radius 2 is 1.96 bits per heavy atom. The van der Waals surface area contributed by atoms with Gasteiger partial charge in [-0.15, -0.1) is 0 Å². The summed E-state index contributed by atoms with van der Waals surface area (Å²) in [7, 11) is -1.93. The number of nitrogens with zero attached hydrogens (tertiary/aromatic N) is 2. The Morgan fingerprint density at radius 1 is 1.26 bits per heavy atom. The summed E-state index contributed by atoms with van der Waals surface area (Å²) in [5.74, 6) is 0.597. The standard InChI is InChI=1S/C16H24N2O4S/c1-22-15-8-6-7-14(13-15)18(23(2,20)21)12-9-16(19)17-10-4-3-5-11-17/h6-8,13H,3-5,9-12H2,1-2H3. The normalized spacial score (nSPS) is 15.3. The smallest absolute Gasteiger partial charge is 0.232 e. The molecule has 0 N–H and O–H groups in total. The zero-order valence-corrected chi connectivity index (χ0v) is 14.5. The number of carbonyl (C=O) groups is 1. The molecule has 1 aromatic carbocycles. The number of hydrogen-bond donors (Lipinski definition) is 0. The predicted octanol–water partition coefficient (Wildman–Crippen LogP) is 1.86. The molecule has 0 aromatic heterocycles. The van der Waals surface area contributed by atoms with Gasteiger partial charge in [-0.3, -0.25) is 9.10 Å². The van der Waals surface area contributed by atoms with E-state index in [1.165, 1.54) is 11.4 Å². The number of anilines is 1. The summed E-state index contributed by atoms with van der Waals surface area (Å²) in [5, 5.41) is 0. The maximum absolute atomic E-state index is 12.3. The highest BCUT2D eigenvalue weighted by atomic mass is 32.2. The molecule has 7 heteroatoms. The quantitative estimate of drug-likeness (QED) is 0.793. The second-order valence-electron chi connectivity index (χ2n) is 5.73. The minimum atomic E-state index is -3.46. The molecule has 1 fully saturated rings. The van der Waals surface area contributed by atoms with E-state index in [9.17, 15) is 13.2 Å². The first kappa shape index (κ1) is 17.6. The van der Waals surface area contributed by atoms with Crippen LogP contribution in [0.15, 0.2) is 24.3 Å². The monoisotopic (exact) mass is 340 g/mol. The van der Waals surface area contributed by atoms with E-state index in [-0.39, 0.29) is 18.9 Å². The van der Waals surface area contributed by atoms with Crippen LogP contribution in [-0.4, -0.2) is 52.2 Å². The summed E-state index contributed by atoms with van der Waals surface area (Å²) in [6.07, 6.45) is 4.54. The Morgan fingerprint density at radius 3 is 2.57 bits per heavy atom. The van der Waals surface area contributed by atoms with E-state index in [2.05, 4.69) is 0 Å². The van der Waals surface area contributed by atoms with Crippen LogP contribution in [0.2, 0.25) is 0 Å². The fourth-order valence-corrected chi connectivity index (χ4v) is 3.67. The van der Waals surface area contributed by atoms with Crippen LogP contribution in [0.5, 0.6) is 5.75 Å². The molecule has 23 heavy (non-hydrogen) atoms. The average molecular weight is 340 g/mol. The van der Waals surface area contributed by atoms with E-state index < -0.39 is 10.0 Å². The maximum Gasteiger partial charge on any atom is 0.232 e. The van der Waals surface area contributed by atoms with Crippen LogP contribution in [0.1, 0.15) is 25.7 Å². The zero-order chi connectivity index (χ0) is 16.9. The number of hydrogen-bond acceptors (Lipinski definition) is 4. The molecule has 0 bridgehead atoms. The number of methoxy groups -OCH3 is 1. The van der Waals surface area contributed by atoms with E-state index in [4.69, 9.17) is 4.74 Å². The molecule has 1 heterocycles. The van der Waals surface area contributed by atoms with E-state index in [1.54, 1.807) is 24.3 Å². The molecule has 128 valence electrons. The summed E-state index contributed by atoms with van der Waals surface area (Å²) in [6.45, 7) is 1.69. The van der Waals surface area contributed by atoms with Crippen molar-refractivity contribution in [1.82, 2.24) is 4.90 Å². The second-order valence-corrected chi connectivity index (χ2v) is 7.63. The summed E-state index contributed by atoms with van der Waals surface area (Å²) >= 11 is 0. The maximum atomic E-state index is 12.3. The van der Waals surface area contributed by atoms with Gasteiger partial charge in [0.1, 0.15) is 5.75 Å². The number of benzene rings is 1. The Balaban J connectivity index is 2.08. The van der Waals surface area contributed by atoms with Gasteiger partial charge in [0, 0.05) is 32.1 Å². The highest BCUT2D eigenvalue weighted by Gasteiger charge is 2.22. The molecule has 0 unspecified atom stereocenters. The fourth-order valence-electron chi connectivity index (χ4n) is 2.75. The lowest BCUT2D eigenvalue weighted by Crippen LogP contribution is -2.39. The highest BCUT2D eigenvalue weighted by Crippen LogP contribution is 2.23. The third kappa shape index (κ3) is 4.86. The van der Waals surface area contributed by atoms with Crippen molar-refractivity contribution in [3.05, 3.63) is 24.3 Å². The van der Waals surface area contributed by atoms with E-state index in [0.29, 0.717) is 11.4 Å². The van der Waals surface area contributed by atoms with Crippen LogP contribution in [0.3, 0.4) is 0 Å². The number of piperidine rings is 1. The van der Waals surface area contributed by atoms with E-state index in [0.717, 1.165) is 38.6 Å². The summed E-state index contributed by atoms with van der Waals surface area (Å²) < 4.78 is 30.6. The van der Waals surface area contributed by atoms with Crippen molar-refractivity contribution in [3.8, 4) is 5.75 Å². The minimum absolute atomic E-state index is 0.0150. The molecule has 6 nitrogen and oxygen atoms in total. The molecule has 1 aromatic rings. The predicted molar refractivity (Wildman–Crippen MR) is 90.2 cm³/mol. The number of ether oxygens (including phenoxy) is 1. The third-order valence-corrected chi connectivity index (χ3v) is 5.17. The zero-order valence-electron chi connectivity index (χ0n) is 13.7. The van der Waals surface area contributed by atoms with Crippen LogP contribution < -0.4 is 9.04 Å². The molecule has 1 saturated heterocycles. The molecule has 0 radical (unpaired) electrons. The lowest BCUT2D eigenvalue weighted by molar-refractivity contribution is -0.131. The van der Waals surface area contributed by atoms with Gasteiger partial charge in [0.2, 0.25) is 15.9 Å². The highest BCUT2D eigenvalue weighted by molar-refractivity contribution is 7.92. The molecule has 0 spiro atoms. The van der Waals surface area contributed by atoms with Crippen molar-refractivity contribution >= 4 is 21.6 Å². The molecule has 1 amide bonds. The van der Waals surface area contributed by atoms with Crippen molar-refractivity contribution in [2.45, 2.75) is 25.7 Å². The lowest BCUT2D eigenvalue weighted by atomic mass is 10.1. The van der Waals surface area contributed by atoms with Gasteiger partial charge in [-0.2, -0.15) is 0 Å².